The first-order valence-electron chi connectivity index (χ1n) is 5.65. The van der Waals surface area contributed by atoms with Crippen molar-refractivity contribution in [2.75, 3.05) is 11.5 Å². The van der Waals surface area contributed by atoms with Gasteiger partial charge in [-0.05, 0) is 0 Å². The number of thioether (sulfide) groups is 2. The third-order valence-electron chi connectivity index (χ3n) is 1.82. The highest BCUT2D eigenvalue weighted by molar-refractivity contribution is 8.01. The minimum Gasteiger partial charge on any atom is -0.390 e. The number of hydrogen-bond acceptors (Lipinski definition) is 4. The van der Waals surface area contributed by atoms with Crippen molar-refractivity contribution in [3.8, 4) is 0 Å². The molecule has 0 radical (unpaired) electrons. The summed E-state index contributed by atoms with van der Waals surface area (Å²) in [7, 11) is 0. The van der Waals surface area contributed by atoms with Gasteiger partial charge >= 0.3 is 0 Å². The van der Waals surface area contributed by atoms with Crippen LogP contribution in [0.15, 0.2) is 0 Å². The first-order valence-corrected chi connectivity index (χ1v) is 7.62. The zero-order chi connectivity index (χ0) is 13.0. The smallest absolute Gasteiger partial charge is 0.0897 e. The zero-order valence-corrected chi connectivity index (χ0v) is 12.9. The summed E-state index contributed by atoms with van der Waals surface area (Å²) in [6, 6.07) is 0. The monoisotopic (exact) mass is 266 g/mol. The first kappa shape index (κ1) is 16.6. The summed E-state index contributed by atoms with van der Waals surface area (Å²) >= 11 is 3.37. The Bertz CT molecular complexity index is 172. The highest BCUT2D eigenvalue weighted by Crippen LogP contribution is 2.27. The van der Waals surface area contributed by atoms with E-state index >= 15 is 0 Å². The summed E-state index contributed by atoms with van der Waals surface area (Å²) < 4.78 is 0.274. The molecule has 2 N–H and O–H groups in total. The Morgan fingerprint density at radius 2 is 1.00 bits per heavy atom. The molecule has 0 aromatic heterocycles. The molecule has 0 rings (SSSR count). The first-order chi connectivity index (χ1) is 7.01. The molecule has 2 nitrogen and oxygen atoms in total. The topological polar surface area (TPSA) is 40.5 Å². The second-order valence-corrected chi connectivity index (χ2v) is 9.67. The lowest BCUT2D eigenvalue weighted by Crippen LogP contribution is -2.32. The minimum absolute atomic E-state index is 0.137. The average molecular weight is 266 g/mol. The Labute approximate surface area is 109 Å². The highest BCUT2D eigenvalue weighted by Gasteiger charge is 2.22. The van der Waals surface area contributed by atoms with E-state index in [-0.39, 0.29) is 9.49 Å². The van der Waals surface area contributed by atoms with Crippen molar-refractivity contribution >= 4 is 23.5 Å². The van der Waals surface area contributed by atoms with Crippen LogP contribution in [-0.4, -0.2) is 43.4 Å². The van der Waals surface area contributed by atoms with Gasteiger partial charge in [-0.25, -0.2) is 0 Å². The molecule has 0 saturated carbocycles. The molecule has 0 bridgehead atoms. The second-order valence-electron chi connectivity index (χ2n) is 5.98. The fraction of sp³-hybridized carbons (Fsp3) is 1.00. The van der Waals surface area contributed by atoms with Gasteiger partial charge in [-0.3, -0.25) is 0 Å². The van der Waals surface area contributed by atoms with Crippen LogP contribution in [0.2, 0.25) is 0 Å². The molecule has 0 aliphatic carbocycles. The van der Waals surface area contributed by atoms with Gasteiger partial charge in [0.25, 0.3) is 0 Å². The summed E-state index contributed by atoms with van der Waals surface area (Å²) in [4.78, 5) is 0. The predicted octanol–water partition coefficient (Wildman–Crippen LogP) is 2.77. The molecule has 0 aliphatic rings. The minimum atomic E-state index is -0.626. The normalized spacial score (nSPS) is 17.2. The summed E-state index contributed by atoms with van der Waals surface area (Å²) in [5, 5.41) is 19.6. The molecule has 0 aliphatic heterocycles. The van der Waals surface area contributed by atoms with Gasteiger partial charge in [0.05, 0.1) is 12.2 Å². The SMILES string of the molecule is CC(C)(C)SC[C@H](O)[C@@H](O)CSC(C)(C)C. The van der Waals surface area contributed by atoms with Crippen molar-refractivity contribution < 1.29 is 10.2 Å². The van der Waals surface area contributed by atoms with Crippen molar-refractivity contribution in [1.29, 1.82) is 0 Å². The van der Waals surface area contributed by atoms with E-state index in [9.17, 15) is 10.2 Å². The van der Waals surface area contributed by atoms with Crippen LogP contribution >= 0.6 is 23.5 Å². The number of aliphatic hydroxyl groups is 2. The molecule has 0 heterocycles. The zero-order valence-electron chi connectivity index (χ0n) is 11.3. The molecule has 98 valence electrons. The molecule has 0 amide bonds. The summed E-state index contributed by atoms with van der Waals surface area (Å²) in [6.45, 7) is 12.7. The predicted molar refractivity (Wildman–Crippen MR) is 76.4 cm³/mol. The maximum atomic E-state index is 9.79. The van der Waals surface area contributed by atoms with Gasteiger partial charge in [-0.2, -0.15) is 23.5 Å². The van der Waals surface area contributed by atoms with Gasteiger partial charge in [-0.1, -0.05) is 41.5 Å². The van der Waals surface area contributed by atoms with Crippen LogP contribution in [-0.2, 0) is 0 Å². The van der Waals surface area contributed by atoms with Gasteiger partial charge in [0, 0.05) is 21.0 Å². The molecule has 2 atom stereocenters. The number of rotatable bonds is 5. The van der Waals surface area contributed by atoms with Crippen molar-refractivity contribution in [3.63, 3.8) is 0 Å². The fourth-order valence-electron chi connectivity index (χ4n) is 0.893. The molecule has 4 heteroatoms. The van der Waals surface area contributed by atoms with Gasteiger partial charge in [0.15, 0.2) is 0 Å². The van der Waals surface area contributed by atoms with Crippen LogP contribution in [0.4, 0.5) is 0 Å². The van der Waals surface area contributed by atoms with Crippen LogP contribution < -0.4 is 0 Å². The largest absolute Gasteiger partial charge is 0.390 e. The lowest BCUT2D eigenvalue weighted by molar-refractivity contribution is 0.0497. The summed E-state index contributed by atoms with van der Waals surface area (Å²) in [6.07, 6.45) is -1.25. The van der Waals surface area contributed by atoms with Crippen molar-refractivity contribution in [2.24, 2.45) is 0 Å². The highest BCUT2D eigenvalue weighted by atomic mass is 32.2. The fourth-order valence-corrected chi connectivity index (χ4v) is 2.68. The van der Waals surface area contributed by atoms with E-state index in [1.54, 1.807) is 23.5 Å². The molecule has 0 fully saturated rings. The molecule has 0 aromatic rings. The van der Waals surface area contributed by atoms with Crippen molar-refractivity contribution in [3.05, 3.63) is 0 Å². The van der Waals surface area contributed by atoms with Crippen molar-refractivity contribution in [1.82, 2.24) is 0 Å². The van der Waals surface area contributed by atoms with Crippen molar-refractivity contribution in [2.45, 2.75) is 63.2 Å². The summed E-state index contributed by atoms with van der Waals surface area (Å²) in [5.74, 6) is 1.19. The van der Waals surface area contributed by atoms with Gasteiger partial charge in [-0.15, -0.1) is 0 Å². The van der Waals surface area contributed by atoms with Crippen LogP contribution in [0, 0.1) is 0 Å². The van der Waals surface area contributed by atoms with Gasteiger partial charge < -0.3 is 10.2 Å². The van der Waals surface area contributed by atoms with Crippen LogP contribution in [0.3, 0.4) is 0 Å². The number of aliphatic hydroxyl groups excluding tert-OH is 2. The van der Waals surface area contributed by atoms with E-state index in [4.69, 9.17) is 0 Å². The quantitative estimate of drug-likeness (QED) is 0.803. The third kappa shape index (κ3) is 9.82. The molecule has 0 spiro atoms. The summed E-state index contributed by atoms with van der Waals surface area (Å²) in [5.41, 5.74) is 0. The third-order valence-corrected chi connectivity index (χ3v) is 4.57. The Kier molecular flexibility index (Phi) is 6.78. The Hall–Kier alpha value is 0.620. The van der Waals surface area contributed by atoms with Crippen LogP contribution in [0.25, 0.3) is 0 Å². The lowest BCUT2D eigenvalue weighted by atomic mass is 10.2. The average Bonchev–Trinajstić information content (AvgIpc) is 2.07. The van der Waals surface area contributed by atoms with E-state index in [0.717, 1.165) is 0 Å². The van der Waals surface area contributed by atoms with Crippen LogP contribution in [0.1, 0.15) is 41.5 Å². The molecule has 0 aromatic carbocycles. The standard InChI is InChI=1S/C12H26O2S2/c1-11(2,3)15-7-9(13)10(14)8-16-12(4,5)6/h9-10,13-14H,7-8H2,1-6H3/t9-,10-/m0/s1. The molecular weight excluding hydrogens is 240 g/mol. The lowest BCUT2D eigenvalue weighted by Gasteiger charge is -2.25. The van der Waals surface area contributed by atoms with Gasteiger partial charge in [0.1, 0.15) is 0 Å². The van der Waals surface area contributed by atoms with E-state index in [0.29, 0.717) is 11.5 Å². The maximum absolute atomic E-state index is 9.79. The molecular formula is C12H26O2S2. The van der Waals surface area contributed by atoms with E-state index in [2.05, 4.69) is 41.5 Å². The Morgan fingerprint density at radius 3 is 1.19 bits per heavy atom. The maximum Gasteiger partial charge on any atom is 0.0897 e. The van der Waals surface area contributed by atoms with E-state index in [1.807, 2.05) is 0 Å². The number of hydrogen-bond donors (Lipinski definition) is 2. The van der Waals surface area contributed by atoms with E-state index in [1.165, 1.54) is 0 Å². The Morgan fingerprint density at radius 1 is 0.750 bits per heavy atom. The Balaban J connectivity index is 3.86. The molecule has 16 heavy (non-hydrogen) atoms. The molecule has 0 saturated heterocycles. The van der Waals surface area contributed by atoms with Gasteiger partial charge in [0.2, 0.25) is 0 Å². The second kappa shape index (κ2) is 6.53. The van der Waals surface area contributed by atoms with E-state index < -0.39 is 12.2 Å². The van der Waals surface area contributed by atoms with Crippen LogP contribution in [0.5, 0.6) is 0 Å². The molecule has 0 unspecified atom stereocenters.